The van der Waals surface area contributed by atoms with Crippen LogP contribution < -0.4 is 16.1 Å². The van der Waals surface area contributed by atoms with Crippen LogP contribution in [0.15, 0.2) is 32.2 Å². The summed E-state index contributed by atoms with van der Waals surface area (Å²) in [5.41, 5.74) is -0.203. The highest BCUT2D eigenvalue weighted by atomic mass is 16.5. The SMILES string of the molecule is CCCOc1ccc2[nH]c(=O)oc(=O)c2c1. The molecule has 1 N–H and O–H groups in total. The molecule has 1 aromatic carbocycles. The molecule has 1 heterocycles. The molecule has 0 saturated heterocycles. The van der Waals surface area contributed by atoms with E-state index < -0.39 is 11.4 Å². The monoisotopic (exact) mass is 221 g/mol. The lowest BCUT2D eigenvalue weighted by molar-refractivity contribution is 0.317. The second-order valence-electron chi connectivity index (χ2n) is 3.36. The number of hydrogen-bond acceptors (Lipinski definition) is 4. The van der Waals surface area contributed by atoms with Crippen molar-refractivity contribution in [3.8, 4) is 5.75 Å². The molecule has 0 fully saturated rings. The zero-order valence-electron chi connectivity index (χ0n) is 8.78. The van der Waals surface area contributed by atoms with Crippen molar-refractivity contribution >= 4 is 10.9 Å². The first-order valence-corrected chi connectivity index (χ1v) is 5.00. The van der Waals surface area contributed by atoms with E-state index in [0.717, 1.165) is 6.42 Å². The lowest BCUT2D eigenvalue weighted by Gasteiger charge is -2.04. The standard InChI is InChI=1S/C11H11NO4/c1-2-5-15-7-3-4-9-8(6-7)10(13)16-11(14)12-9/h3-4,6H,2,5H2,1H3,(H,12,14). The van der Waals surface area contributed by atoms with Crippen molar-refractivity contribution in [2.75, 3.05) is 6.61 Å². The Morgan fingerprint density at radius 1 is 1.38 bits per heavy atom. The van der Waals surface area contributed by atoms with Crippen molar-refractivity contribution in [2.45, 2.75) is 13.3 Å². The average Bonchev–Trinajstić information content (AvgIpc) is 2.26. The molecule has 0 radical (unpaired) electrons. The molecule has 0 bridgehead atoms. The van der Waals surface area contributed by atoms with E-state index in [1.807, 2.05) is 6.92 Å². The van der Waals surface area contributed by atoms with Crippen LogP contribution in [0.1, 0.15) is 13.3 Å². The molecular weight excluding hydrogens is 210 g/mol. The van der Waals surface area contributed by atoms with E-state index in [-0.39, 0.29) is 0 Å². The third kappa shape index (κ3) is 1.98. The second-order valence-corrected chi connectivity index (χ2v) is 3.36. The van der Waals surface area contributed by atoms with Gasteiger partial charge in [0.15, 0.2) is 0 Å². The molecule has 0 atom stereocenters. The van der Waals surface area contributed by atoms with Gasteiger partial charge >= 0.3 is 11.4 Å². The summed E-state index contributed by atoms with van der Waals surface area (Å²) in [4.78, 5) is 24.7. The fourth-order valence-corrected chi connectivity index (χ4v) is 1.39. The van der Waals surface area contributed by atoms with Crippen molar-refractivity contribution in [3.63, 3.8) is 0 Å². The van der Waals surface area contributed by atoms with E-state index in [1.165, 1.54) is 0 Å². The highest BCUT2D eigenvalue weighted by molar-refractivity contribution is 5.78. The maximum atomic E-state index is 11.4. The average molecular weight is 221 g/mol. The molecular formula is C11H11NO4. The van der Waals surface area contributed by atoms with Gasteiger partial charge in [-0.15, -0.1) is 0 Å². The number of nitrogens with one attached hydrogen (secondary N) is 1. The minimum Gasteiger partial charge on any atom is -0.494 e. The molecule has 84 valence electrons. The minimum atomic E-state index is -0.750. The van der Waals surface area contributed by atoms with Gasteiger partial charge in [-0.1, -0.05) is 6.92 Å². The Morgan fingerprint density at radius 2 is 2.19 bits per heavy atom. The van der Waals surface area contributed by atoms with Crippen molar-refractivity contribution < 1.29 is 9.15 Å². The third-order valence-electron chi connectivity index (χ3n) is 2.11. The Bertz CT molecular complexity index is 611. The predicted octanol–water partition coefficient (Wildman–Crippen LogP) is 1.27. The number of benzene rings is 1. The summed E-state index contributed by atoms with van der Waals surface area (Å²) in [5.74, 6) is -0.159. The maximum Gasteiger partial charge on any atom is 0.419 e. The number of fused-ring (bicyclic) bond motifs is 1. The normalized spacial score (nSPS) is 10.6. The first-order valence-electron chi connectivity index (χ1n) is 5.00. The van der Waals surface area contributed by atoms with Crippen molar-refractivity contribution in [3.05, 3.63) is 39.2 Å². The molecule has 5 nitrogen and oxygen atoms in total. The van der Waals surface area contributed by atoms with Crippen LogP contribution in [0.4, 0.5) is 0 Å². The molecule has 16 heavy (non-hydrogen) atoms. The number of hydrogen-bond donors (Lipinski definition) is 1. The first-order chi connectivity index (χ1) is 7.70. The molecule has 0 saturated carbocycles. The van der Waals surface area contributed by atoms with Crippen LogP contribution in [0.5, 0.6) is 5.75 Å². The molecule has 0 aliphatic heterocycles. The van der Waals surface area contributed by atoms with Gasteiger partial charge in [0, 0.05) is 0 Å². The molecule has 0 spiro atoms. The van der Waals surface area contributed by atoms with Crippen LogP contribution in [0.3, 0.4) is 0 Å². The van der Waals surface area contributed by atoms with E-state index in [1.54, 1.807) is 18.2 Å². The van der Waals surface area contributed by atoms with Gasteiger partial charge in [0.2, 0.25) is 0 Å². The summed E-state index contributed by atoms with van der Waals surface area (Å²) in [6, 6.07) is 4.89. The Hall–Kier alpha value is -2.04. The van der Waals surface area contributed by atoms with Crippen LogP contribution in [-0.4, -0.2) is 11.6 Å². The van der Waals surface area contributed by atoms with Crippen LogP contribution in [0.25, 0.3) is 10.9 Å². The Labute approximate surface area is 90.7 Å². The van der Waals surface area contributed by atoms with E-state index >= 15 is 0 Å². The van der Waals surface area contributed by atoms with Gasteiger partial charge in [-0.25, -0.2) is 9.59 Å². The second kappa shape index (κ2) is 4.22. The zero-order valence-corrected chi connectivity index (χ0v) is 8.78. The molecule has 2 rings (SSSR count). The summed E-state index contributed by atoms with van der Waals surface area (Å²) in [6.45, 7) is 2.58. The maximum absolute atomic E-state index is 11.4. The number of ether oxygens (including phenoxy) is 1. The summed E-state index contributed by atoms with van der Waals surface area (Å²) >= 11 is 0. The van der Waals surface area contributed by atoms with Crippen LogP contribution >= 0.6 is 0 Å². The molecule has 0 aliphatic carbocycles. The van der Waals surface area contributed by atoms with Crippen molar-refractivity contribution in [2.24, 2.45) is 0 Å². The minimum absolute atomic E-state index is 0.313. The van der Waals surface area contributed by atoms with Crippen LogP contribution in [0, 0.1) is 0 Å². The highest BCUT2D eigenvalue weighted by Crippen LogP contribution is 2.15. The number of aromatic amines is 1. The number of rotatable bonds is 3. The van der Waals surface area contributed by atoms with E-state index in [2.05, 4.69) is 9.40 Å². The summed E-state index contributed by atoms with van der Waals surface area (Å²) in [6.07, 6.45) is 0.887. The summed E-state index contributed by atoms with van der Waals surface area (Å²) in [5, 5.41) is 0.313. The summed E-state index contributed by atoms with van der Waals surface area (Å²) in [7, 11) is 0. The van der Waals surface area contributed by atoms with Gasteiger partial charge in [0.05, 0.1) is 17.5 Å². The lowest BCUT2D eigenvalue weighted by atomic mass is 10.2. The Morgan fingerprint density at radius 3 is 2.94 bits per heavy atom. The van der Waals surface area contributed by atoms with E-state index in [4.69, 9.17) is 4.74 Å². The molecule has 1 aromatic heterocycles. The fraction of sp³-hybridized carbons (Fsp3) is 0.273. The smallest absolute Gasteiger partial charge is 0.419 e. The molecule has 0 amide bonds. The van der Waals surface area contributed by atoms with Gasteiger partial charge in [0.1, 0.15) is 5.75 Å². The Balaban J connectivity index is 2.53. The largest absolute Gasteiger partial charge is 0.494 e. The predicted molar refractivity (Wildman–Crippen MR) is 58.9 cm³/mol. The number of H-pyrrole nitrogens is 1. The van der Waals surface area contributed by atoms with E-state index in [9.17, 15) is 9.59 Å². The molecule has 5 heteroatoms. The van der Waals surface area contributed by atoms with Crippen LogP contribution in [0.2, 0.25) is 0 Å². The summed E-state index contributed by atoms with van der Waals surface area (Å²) < 4.78 is 9.80. The fourth-order valence-electron chi connectivity index (χ4n) is 1.39. The van der Waals surface area contributed by atoms with E-state index in [0.29, 0.717) is 23.3 Å². The Kier molecular flexibility index (Phi) is 2.76. The quantitative estimate of drug-likeness (QED) is 0.847. The van der Waals surface area contributed by atoms with Gasteiger partial charge < -0.3 is 9.15 Å². The lowest BCUT2D eigenvalue weighted by Crippen LogP contribution is -2.14. The van der Waals surface area contributed by atoms with Crippen molar-refractivity contribution in [1.82, 2.24) is 4.98 Å². The zero-order chi connectivity index (χ0) is 11.5. The van der Waals surface area contributed by atoms with Crippen molar-refractivity contribution in [1.29, 1.82) is 0 Å². The number of aromatic nitrogens is 1. The van der Waals surface area contributed by atoms with Gasteiger partial charge in [-0.05, 0) is 24.6 Å². The first kappa shape index (κ1) is 10.5. The van der Waals surface area contributed by atoms with Gasteiger partial charge in [-0.2, -0.15) is 0 Å². The molecule has 0 unspecified atom stereocenters. The molecule has 2 aromatic rings. The topological polar surface area (TPSA) is 72.3 Å². The van der Waals surface area contributed by atoms with Gasteiger partial charge in [-0.3, -0.25) is 4.98 Å². The molecule has 0 aliphatic rings. The van der Waals surface area contributed by atoms with Gasteiger partial charge in [0.25, 0.3) is 0 Å². The van der Waals surface area contributed by atoms with Crippen LogP contribution in [-0.2, 0) is 0 Å². The highest BCUT2D eigenvalue weighted by Gasteiger charge is 2.04. The third-order valence-corrected chi connectivity index (χ3v) is 2.11.